The molecule has 0 amide bonds. The van der Waals surface area contributed by atoms with Crippen molar-refractivity contribution in [2.24, 2.45) is 5.92 Å². The SMILES string of the molecule is CC(CCc1ccc(O)cc1)NC1CC(C)N(C)CC1C. The summed E-state index contributed by atoms with van der Waals surface area (Å²) in [7, 11) is 2.23. The topological polar surface area (TPSA) is 35.5 Å². The lowest BCUT2D eigenvalue weighted by Gasteiger charge is -2.41. The van der Waals surface area contributed by atoms with Gasteiger partial charge in [0.05, 0.1) is 0 Å². The molecule has 3 nitrogen and oxygen atoms in total. The van der Waals surface area contributed by atoms with Gasteiger partial charge in [0, 0.05) is 24.7 Å². The van der Waals surface area contributed by atoms with Crippen LogP contribution in [0.5, 0.6) is 5.75 Å². The molecule has 0 saturated carbocycles. The van der Waals surface area contributed by atoms with Gasteiger partial charge in [-0.3, -0.25) is 0 Å². The average molecular weight is 290 g/mol. The first-order chi connectivity index (χ1) is 9.95. The normalized spacial score (nSPS) is 28.5. The van der Waals surface area contributed by atoms with Crippen LogP contribution in [-0.4, -0.2) is 41.7 Å². The van der Waals surface area contributed by atoms with Crippen LogP contribution in [0.4, 0.5) is 0 Å². The molecule has 0 spiro atoms. The third-order valence-corrected chi connectivity index (χ3v) is 4.91. The number of hydrogen-bond acceptors (Lipinski definition) is 3. The van der Waals surface area contributed by atoms with Crippen molar-refractivity contribution in [1.82, 2.24) is 10.2 Å². The molecule has 0 bridgehead atoms. The van der Waals surface area contributed by atoms with Crippen molar-refractivity contribution in [3.63, 3.8) is 0 Å². The number of nitrogens with one attached hydrogen (secondary N) is 1. The van der Waals surface area contributed by atoms with Crippen molar-refractivity contribution in [2.45, 2.75) is 58.2 Å². The summed E-state index contributed by atoms with van der Waals surface area (Å²) in [6.45, 7) is 8.15. The Morgan fingerprint density at radius 1 is 1.29 bits per heavy atom. The van der Waals surface area contributed by atoms with Crippen LogP contribution in [0.2, 0.25) is 0 Å². The minimum absolute atomic E-state index is 0.346. The maximum absolute atomic E-state index is 9.31. The second-order valence-corrected chi connectivity index (χ2v) is 6.88. The number of aryl methyl sites for hydroxylation is 1. The molecule has 1 saturated heterocycles. The maximum Gasteiger partial charge on any atom is 0.115 e. The van der Waals surface area contributed by atoms with Gasteiger partial charge in [-0.05, 0) is 63.8 Å². The van der Waals surface area contributed by atoms with E-state index in [-0.39, 0.29) is 0 Å². The predicted octanol–water partition coefficient (Wildman–Crippen LogP) is 3.03. The van der Waals surface area contributed by atoms with Crippen molar-refractivity contribution in [3.05, 3.63) is 29.8 Å². The van der Waals surface area contributed by atoms with Crippen LogP contribution in [0, 0.1) is 5.92 Å². The Kier molecular flexibility index (Phi) is 5.65. The molecule has 0 radical (unpaired) electrons. The van der Waals surface area contributed by atoms with Gasteiger partial charge in [0.1, 0.15) is 5.75 Å². The fourth-order valence-corrected chi connectivity index (χ4v) is 3.27. The molecule has 2 rings (SSSR count). The van der Waals surface area contributed by atoms with Crippen molar-refractivity contribution in [3.8, 4) is 5.75 Å². The van der Waals surface area contributed by atoms with Crippen LogP contribution < -0.4 is 5.32 Å². The van der Waals surface area contributed by atoms with Crippen LogP contribution in [0.25, 0.3) is 0 Å². The Hall–Kier alpha value is -1.06. The fourth-order valence-electron chi connectivity index (χ4n) is 3.27. The summed E-state index contributed by atoms with van der Waals surface area (Å²) in [6.07, 6.45) is 3.43. The van der Waals surface area contributed by atoms with Gasteiger partial charge in [0.2, 0.25) is 0 Å². The molecule has 1 aliphatic rings. The summed E-state index contributed by atoms with van der Waals surface area (Å²) in [5.74, 6) is 1.06. The Balaban J connectivity index is 1.78. The van der Waals surface area contributed by atoms with Crippen LogP contribution in [0.1, 0.15) is 39.2 Å². The van der Waals surface area contributed by atoms with Crippen molar-refractivity contribution < 1.29 is 5.11 Å². The lowest BCUT2D eigenvalue weighted by molar-refractivity contribution is 0.116. The van der Waals surface area contributed by atoms with Gasteiger partial charge in [-0.25, -0.2) is 0 Å². The molecule has 118 valence electrons. The van der Waals surface area contributed by atoms with Crippen molar-refractivity contribution in [1.29, 1.82) is 0 Å². The third kappa shape index (κ3) is 4.72. The molecule has 2 N–H and O–H groups in total. The smallest absolute Gasteiger partial charge is 0.115 e. The number of piperidine rings is 1. The molecule has 4 atom stereocenters. The zero-order valence-electron chi connectivity index (χ0n) is 13.8. The summed E-state index contributed by atoms with van der Waals surface area (Å²) in [5.41, 5.74) is 1.30. The van der Waals surface area contributed by atoms with Gasteiger partial charge in [-0.2, -0.15) is 0 Å². The molecule has 1 aromatic rings. The number of phenolic OH excluding ortho intramolecular Hbond substituents is 1. The van der Waals surface area contributed by atoms with E-state index in [1.165, 1.54) is 18.5 Å². The molecule has 1 heterocycles. The molecule has 1 fully saturated rings. The molecule has 3 heteroatoms. The summed E-state index contributed by atoms with van der Waals surface area (Å²) in [4.78, 5) is 2.46. The Morgan fingerprint density at radius 3 is 2.62 bits per heavy atom. The largest absolute Gasteiger partial charge is 0.508 e. The van der Waals surface area contributed by atoms with Crippen LogP contribution in [0.15, 0.2) is 24.3 Å². The van der Waals surface area contributed by atoms with E-state index in [9.17, 15) is 5.11 Å². The van der Waals surface area contributed by atoms with Crippen LogP contribution in [-0.2, 0) is 6.42 Å². The third-order valence-electron chi connectivity index (χ3n) is 4.91. The lowest BCUT2D eigenvalue weighted by atomic mass is 9.89. The van der Waals surface area contributed by atoms with Gasteiger partial charge in [-0.1, -0.05) is 19.1 Å². The van der Waals surface area contributed by atoms with E-state index in [4.69, 9.17) is 0 Å². The highest BCUT2D eigenvalue weighted by atomic mass is 16.3. The molecule has 1 aliphatic heterocycles. The molecule has 0 aliphatic carbocycles. The van der Waals surface area contributed by atoms with E-state index in [0.717, 1.165) is 12.8 Å². The quantitative estimate of drug-likeness (QED) is 0.875. The molecular weight excluding hydrogens is 260 g/mol. The van der Waals surface area contributed by atoms with Gasteiger partial charge < -0.3 is 15.3 Å². The molecule has 21 heavy (non-hydrogen) atoms. The molecule has 1 aromatic carbocycles. The maximum atomic E-state index is 9.31. The number of aromatic hydroxyl groups is 1. The number of phenols is 1. The Labute approximate surface area is 129 Å². The van der Waals surface area contributed by atoms with Crippen LogP contribution in [0.3, 0.4) is 0 Å². The number of likely N-dealkylation sites (tertiary alicyclic amines) is 1. The second-order valence-electron chi connectivity index (χ2n) is 6.88. The minimum Gasteiger partial charge on any atom is -0.508 e. The molecule has 0 aromatic heterocycles. The Morgan fingerprint density at radius 2 is 1.95 bits per heavy atom. The van der Waals surface area contributed by atoms with E-state index in [1.54, 1.807) is 12.1 Å². The summed E-state index contributed by atoms with van der Waals surface area (Å²) in [5, 5.41) is 13.1. The van der Waals surface area contributed by atoms with Gasteiger partial charge in [0.25, 0.3) is 0 Å². The lowest BCUT2D eigenvalue weighted by Crippen LogP contribution is -2.52. The predicted molar refractivity (Wildman–Crippen MR) is 88.7 cm³/mol. The van der Waals surface area contributed by atoms with E-state index in [1.807, 2.05) is 12.1 Å². The minimum atomic E-state index is 0.346. The number of rotatable bonds is 5. The summed E-state index contributed by atoms with van der Waals surface area (Å²) >= 11 is 0. The first kappa shape index (κ1) is 16.3. The van der Waals surface area contributed by atoms with E-state index < -0.39 is 0 Å². The van der Waals surface area contributed by atoms with E-state index in [2.05, 4.69) is 38.0 Å². The summed E-state index contributed by atoms with van der Waals surface area (Å²) in [6, 6.07) is 9.41. The highest BCUT2D eigenvalue weighted by Gasteiger charge is 2.29. The van der Waals surface area contributed by atoms with Crippen LogP contribution >= 0.6 is 0 Å². The van der Waals surface area contributed by atoms with Crippen molar-refractivity contribution in [2.75, 3.05) is 13.6 Å². The molecule has 4 unspecified atom stereocenters. The van der Waals surface area contributed by atoms with E-state index in [0.29, 0.717) is 29.8 Å². The molecular formula is C18H30N2O. The first-order valence-electron chi connectivity index (χ1n) is 8.20. The standard InChI is InChI=1S/C18H30N2O/c1-13-12-20(4)15(3)11-18(13)19-14(2)5-6-16-7-9-17(21)10-8-16/h7-10,13-15,18-19,21H,5-6,11-12H2,1-4H3. The number of hydrogen-bond donors (Lipinski definition) is 2. The average Bonchev–Trinajstić information content (AvgIpc) is 2.44. The fraction of sp³-hybridized carbons (Fsp3) is 0.667. The zero-order chi connectivity index (χ0) is 15.4. The first-order valence-corrected chi connectivity index (χ1v) is 8.20. The summed E-state index contributed by atoms with van der Waals surface area (Å²) < 4.78 is 0. The monoisotopic (exact) mass is 290 g/mol. The highest BCUT2D eigenvalue weighted by molar-refractivity contribution is 5.25. The van der Waals surface area contributed by atoms with Crippen molar-refractivity contribution >= 4 is 0 Å². The van der Waals surface area contributed by atoms with Gasteiger partial charge >= 0.3 is 0 Å². The Bertz CT molecular complexity index is 431. The number of nitrogens with zero attached hydrogens (tertiary/aromatic N) is 1. The van der Waals surface area contributed by atoms with E-state index >= 15 is 0 Å². The zero-order valence-corrected chi connectivity index (χ0v) is 13.8. The second kappa shape index (κ2) is 7.28. The van der Waals surface area contributed by atoms with Gasteiger partial charge in [0.15, 0.2) is 0 Å². The number of benzene rings is 1. The highest BCUT2D eigenvalue weighted by Crippen LogP contribution is 2.21. The van der Waals surface area contributed by atoms with Gasteiger partial charge in [-0.15, -0.1) is 0 Å².